The summed E-state index contributed by atoms with van der Waals surface area (Å²) in [6, 6.07) is 34.6. The number of aryl methyl sites for hydroxylation is 3. The zero-order valence-corrected chi connectivity index (χ0v) is 31.8. The Hall–Kier alpha value is -4.73. The molecule has 0 aliphatic rings. The number of hydrogen-bond acceptors (Lipinski definition) is 4. The van der Waals surface area contributed by atoms with Crippen LogP contribution in [-0.4, -0.2) is 18.0 Å². The van der Waals surface area contributed by atoms with Crippen LogP contribution in [0.4, 0.5) is 4.39 Å². The summed E-state index contributed by atoms with van der Waals surface area (Å²) >= 11 is 0. The van der Waals surface area contributed by atoms with E-state index in [0.29, 0.717) is 33.6 Å². The fourth-order valence-corrected chi connectivity index (χ4v) is 13.0. The van der Waals surface area contributed by atoms with Crippen molar-refractivity contribution < 1.29 is 41.2 Å². The first-order chi connectivity index (χ1) is 27.7. The first-order valence-corrected chi connectivity index (χ1v) is 18.4. The molecule has 0 saturated heterocycles. The molecule has 0 N–H and O–H groups in total. The van der Waals surface area contributed by atoms with E-state index < -0.39 is 28.6 Å². The molecule has 7 rings (SSSR count). The van der Waals surface area contributed by atoms with Crippen LogP contribution in [0.5, 0.6) is 0 Å². The van der Waals surface area contributed by atoms with Gasteiger partial charge in [-0.25, -0.2) is 0 Å². The Kier molecular flexibility index (Phi) is 8.29. The Balaban J connectivity index is 0.000000317. The van der Waals surface area contributed by atoms with E-state index in [-0.39, 0.29) is 59.4 Å². The van der Waals surface area contributed by atoms with Gasteiger partial charge >= 0.3 is 0 Å². The molecule has 7 aromatic rings. The number of nitrogens with zero attached hydrogens (tertiary/aromatic N) is 3. The average molecular weight is 875 g/mol. The van der Waals surface area contributed by atoms with Crippen molar-refractivity contribution in [2.24, 2.45) is 0 Å². The number of benzene rings is 4. The van der Waals surface area contributed by atoms with Crippen LogP contribution >= 0.6 is 0 Å². The fraction of sp³-hybridized carbons (Fsp3) is 0.205. The number of pyridine rings is 2. The molecule has 4 nitrogen and oxygen atoms in total. The van der Waals surface area contributed by atoms with Crippen LogP contribution < -0.4 is 10.4 Å². The van der Waals surface area contributed by atoms with Gasteiger partial charge in [0.15, 0.2) is 0 Å². The van der Waals surface area contributed by atoms with Gasteiger partial charge in [-0.1, -0.05) is 104 Å². The molecule has 0 spiro atoms. The van der Waals surface area contributed by atoms with Gasteiger partial charge in [0.1, 0.15) is 13.7 Å². The van der Waals surface area contributed by atoms with Crippen LogP contribution in [0.3, 0.4) is 0 Å². The molecular weight excluding hydrogens is 826 g/mol. The maximum absolute atomic E-state index is 12.7. The molecule has 259 valence electrons. The van der Waals surface area contributed by atoms with Crippen LogP contribution in [0, 0.1) is 49.8 Å². The normalized spacial score (nSPS) is 14.7. The van der Waals surface area contributed by atoms with Gasteiger partial charge in [-0.05, 0) is 60.2 Å². The SMILES string of the molecule is [2H]C([2H])([2H])c1ccc(-c2[c-]cc(F)cc2)nc1.[2H]C([2H])([2H])c1cnc(-c2[c-]ccc3c2oc2c([Si](c4ccccc4)(C(C)C)C(C)C)c(C#N)ccc23)cc1C([2H])([2H])[2H].[Ir]. The summed E-state index contributed by atoms with van der Waals surface area (Å²) in [5.74, 6) is -0.368. The number of fused-ring (bicyclic) bond motifs is 3. The summed E-state index contributed by atoms with van der Waals surface area (Å²) in [5.41, 5.74) is 3.60. The third-order valence-electron chi connectivity index (χ3n) is 9.18. The van der Waals surface area contributed by atoms with Crippen molar-refractivity contribution in [3.63, 3.8) is 0 Å². The van der Waals surface area contributed by atoms with Gasteiger partial charge < -0.3 is 14.4 Å². The molecule has 51 heavy (non-hydrogen) atoms. The first kappa shape index (κ1) is 27.0. The van der Waals surface area contributed by atoms with Gasteiger partial charge in [0.05, 0.1) is 17.2 Å². The van der Waals surface area contributed by atoms with Crippen molar-refractivity contribution in [3.05, 3.63) is 144 Å². The standard InChI is InChI=1S/C32H31N2OSi.C12H9FN.Ir/c1-20(2)36(21(3)4,25-11-8-7-9-12-25)32-24(18-33)15-16-27-26-13-10-14-28(30(26)35-31(27)32)29-17-22(5)23(6)19-34-29;1-9-2-7-12(14-8-9)10-3-5-11(13)6-4-10;/h7-13,15-17,19-21H,1-6H3;2-3,5-8H,1H3;/q2*-1;/i5D3,6D3;1D3;. The largest absolute Gasteiger partial charge is 0.501 e. The van der Waals surface area contributed by atoms with Crippen LogP contribution in [0.25, 0.3) is 44.5 Å². The van der Waals surface area contributed by atoms with Crippen molar-refractivity contribution >= 4 is 40.4 Å². The predicted octanol–water partition coefficient (Wildman–Crippen LogP) is 10.3. The molecule has 0 aliphatic heterocycles. The fourth-order valence-electron chi connectivity index (χ4n) is 6.98. The molecule has 1 radical (unpaired) electrons. The zero-order chi connectivity index (χ0) is 43.1. The number of rotatable bonds is 6. The van der Waals surface area contributed by atoms with Gasteiger partial charge in [0, 0.05) is 61.2 Å². The zero-order valence-electron chi connectivity index (χ0n) is 37.4. The quantitative estimate of drug-likeness (QED) is 0.123. The number of aromatic nitrogens is 2. The van der Waals surface area contributed by atoms with E-state index in [9.17, 15) is 9.65 Å². The topological polar surface area (TPSA) is 62.7 Å². The Morgan fingerprint density at radius 3 is 2.18 bits per heavy atom. The monoisotopic (exact) mass is 875 g/mol. The van der Waals surface area contributed by atoms with E-state index in [1.54, 1.807) is 18.2 Å². The Morgan fingerprint density at radius 2 is 1.55 bits per heavy atom. The summed E-state index contributed by atoms with van der Waals surface area (Å²) < 4.78 is 88.5. The molecule has 0 atom stereocenters. The number of furan rings is 1. The number of nitriles is 1. The van der Waals surface area contributed by atoms with E-state index in [0.717, 1.165) is 22.2 Å². The van der Waals surface area contributed by atoms with Crippen molar-refractivity contribution in [3.8, 4) is 28.6 Å². The summed E-state index contributed by atoms with van der Waals surface area (Å²) in [7, 11) is -2.63. The van der Waals surface area contributed by atoms with Gasteiger partial charge in [0.25, 0.3) is 0 Å². The van der Waals surface area contributed by atoms with E-state index >= 15 is 0 Å². The second kappa shape index (κ2) is 15.7. The molecule has 0 fully saturated rings. The molecule has 3 heterocycles. The Labute approximate surface area is 327 Å². The van der Waals surface area contributed by atoms with E-state index in [2.05, 4.69) is 68.0 Å². The Bertz CT molecular complexity index is 2650. The number of halogens is 1. The van der Waals surface area contributed by atoms with Crippen LogP contribution in [0.1, 0.15) is 62.3 Å². The second-order valence-electron chi connectivity index (χ2n) is 12.7. The summed E-state index contributed by atoms with van der Waals surface area (Å²) in [4.78, 5) is 8.41. The third-order valence-corrected chi connectivity index (χ3v) is 15.4. The summed E-state index contributed by atoms with van der Waals surface area (Å²) in [6.45, 7) is 1.42. The smallest absolute Gasteiger partial charge is 0.129 e. The minimum absolute atomic E-state index is 0. The van der Waals surface area contributed by atoms with Crippen LogP contribution in [-0.2, 0) is 20.1 Å². The average Bonchev–Trinajstić information content (AvgIpc) is 3.57. The second-order valence-corrected chi connectivity index (χ2v) is 17.8. The van der Waals surface area contributed by atoms with Crippen LogP contribution in [0.2, 0.25) is 11.1 Å². The van der Waals surface area contributed by atoms with E-state index in [1.807, 2.05) is 36.4 Å². The molecule has 0 saturated carbocycles. The minimum atomic E-state index is -2.66. The maximum atomic E-state index is 12.7. The molecule has 7 heteroatoms. The van der Waals surface area contributed by atoms with Gasteiger partial charge in [-0.3, -0.25) is 4.39 Å². The molecule has 4 aromatic carbocycles. The van der Waals surface area contributed by atoms with Crippen LogP contribution in [0.15, 0.2) is 108 Å². The summed E-state index contributed by atoms with van der Waals surface area (Å²) in [6.07, 6.45) is 2.42. The summed E-state index contributed by atoms with van der Waals surface area (Å²) in [5, 5.41) is 14.2. The molecule has 0 aliphatic carbocycles. The van der Waals surface area contributed by atoms with Crippen molar-refractivity contribution in [2.45, 2.75) is 59.3 Å². The van der Waals surface area contributed by atoms with Crippen molar-refractivity contribution in [1.29, 1.82) is 5.26 Å². The molecule has 3 aromatic heterocycles. The predicted molar refractivity (Wildman–Crippen MR) is 205 cm³/mol. The first-order valence-electron chi connectivity index (χ1n) is 20.7. The third kappa shape index (κ3) is 7.10. The minimum Gasteiger partial charge on any atom is -0.501 e. The molecule has 0 bridgehead atoms. The van der Waals surface area contributed by atoms with Gasteiger partial charge in [-0.2, -0.15) is 5.26 Å². The molecule has 0 unspecified atom stereocenters. The van der Waals surface area contributed by atoms with E-state index in [1.165, 1.54) is 35.6 Å². The molecule has 0 amide bonds. The Morgan fingerprint density at radius 1 is 0.804 bits per heavy atom. The van der Waals surface area contributed by atoms with Crippen molar-refractivity contribution in [1.82, 2.24) is 9.97 Å². The van der Waals surface area contributed by atoms with Gasteiger partial charge in [0.2, 0.25) is 0 Å². The molecular formula is C44H40FIrN3OSi-2. The van der Waals surface area contributed by atoms with Gasteiger partial charge in [-0.15, -0.1) is 48.0 Å². The maximum Gasteiger partial charge on any atom is 0.129 e. The number of hydrogen-bond donors (Lipinski definition) is 0. The van der Waals surface area contributed by atoms with Crippen molar-refractivity contribution in [2.75, 3.05) is 0 Å². The van der Waals surface area contributed by atoms with E-state index in [4.69, 9.17) is 16.8 Å².